The highest BCUT2D eigenvalue weighted by Gasteiger charge is 2.22. The van der Waals surface area contributed by atoms with E-state index in [9.17, 15) is 9.59 Å². The molecule has 33 heavy (non-hydrogen) atoms. The van der Waals surface area contributed by atoms with Gasteiger partial charge in [0.2, 0.25) is 11.7 Å². The first-order valence-electron chi connectivity index (χ1n) is 11.6. The number of imidazole rings is 1. The van der Waals surface area contributed by atoms with Gasteiger partial charge in [0.1, 0.15) is 0 Å². The summed E-state index contributed by atoms with van der Waals surface area (Å²) in [4.78, 5) is 33.8. The highest BCUT2D eigenvalue weighted by molar-refractivity contribution is 5.81. The van der Waals surface area contributed by atoms with Crippen molar-refractivity contribution in [2.45, 2.75) is 51.1 Å². The van der Waals surface area contributed by atoms with Gasteiger partial charge in [0.15, 0.2) is 0 Å². The third kappa shape index (κ3) is 3.65. The Hall–Kier alpha value is -3.68. The molecule has 1 N–H and O–H groups in total. The van der Waals surface area contributed by atoms with Crippen molar-refractivity contribution >= 4 is 16.9 Å². The van der Waals surface area contributed by atoms with E-state index in [-0.39, 0.29) is 17.6 Å². The molecule has 2 fully saturated rings. The third-order valence-electron chi connectivity index (χ3n) is 6.84. The van der Waals surface area contributed by atoms with E-state index in [1.807, 2.05) is 51.9 Å². The standard InChI is InChI=1S/C25H25N5O3/c31-22-6-3-13-29(22)15-16-7-9-17(10-8-16)23-27-24(33-28-23)18-11-12-21-20(14-18)26-25(32)30(21)19-4-1-2-5-19/h7-12,14,19H,1-6,13,15H2,(H,26,32). The summed E-state index contributed by atoms with van der Waals surface area (Å²) in [6.07, 6.45) is 6.03. The van der Waals surface area contributed by atoms with Gasteiger partial charge in [-0.1, -0.05) is 42.3 Å². The first-order valence-corrected chi connectivity index (χ1v) is 11.6. The van der Waals surface area contributed by atoms with E-state index in [1.54, 1.807) is 0 Å². The Kier molecular flexibility index (Phi) is 4.86. The number of fused-ring (bicyclic) bond motifs is 1. The molecule has 0 radical (unpaired) electrons. The van der Waals surface area contributed by atoms with Gasteiger partial charge >= 0.3 is 5.69 Å². The molecule has 4 aromatic rings. The second-order valence-electron chi connectivity index (χ2n) is 9.01. The number of amides is 1. The van der Waals surface area contributed by atoms with E-state index in [0.29, 0.717) is 24.7 Å². The maximum absolute atomic E-state index is 12.6. The van der Waals surface area contributed by atoms with Crippen LogP contribution in [0.1, 0.15) is 50.1 Å². The van der Waals surface area contributed by atoms with Crippen molar-refractivity contribution in [3.05, 3.63) is 58.5 Å². The normalized spacial score (nSPS) is 17.0. The molecule has 6 rings (SSSR count). The Morgan fingerprint density at radius 1 is 1.00 bits per heavy atom. The van der Waals surface area contributed by atoms with Crippen molar-refractivity contribution < 1.29 is 9.32 Å². The smallest absolute Gasteiger partial charge is 0.326 e. The minimum atomic E-state index is -0.0593. The number of nitrogens with one attached hydrogen (secondary N) is 1. The van der Waals surface area contributed by atoms with Crippen LogP contribution in [0.25, 0.3) is 33.9 Å². The zero-order valence-corrected chi connectivity index (χ0v) is 18.3. The fourth-order valence-electron chi connectivity index (χ4n) is 5.10. The molecule has 0 unspecified atom stereocenters. The lowest BCUT2D eigenvalue weighted by atomic mass is 10.1. The van der Waals surface area contributed by atoms with Crippen LogP contribution in [0.3, 0.4) is 0 Å². The predicted molar refractivity (Wildman–Crippen MR) is 123 cm³/mol. The third-order valence-corrected chi connectivity index (χ3v) is 6.84. The summed E-state index contributed by atoms with van der Waals surface area (Å²) < 4.78 is 7.42. The summed E-state index contributed by atoms with van der Waals surface area (Å²) in [5.41, 5.74) is 4.34. The SMILES string of the molecule is O=C1CCCN1Cc1ccc(-c2noc(-c3ccc4c(c3)[nH]c(=O)n4C3CCCC3)n2)cc1. The maximum Gasteiger partial charge on any atom is 0.326 e. The van der Waals surface area contributed by atoms with Crippen LogP contribution in [-0.2, 0) is 11.3 Å². The molecule has 0 spiro atoms. The van der Waals surface area contributed by atoms with Crippen molar-refractivity contribution in [3.8, 4) is 22.8 Å². The quantitative estimate of drug-likeness (QED) is 0.496. The van der Waals surface area contributed by atoms with Crippen molar-refractivity contribution in [1.29, 1.82) is 0 Å². The second-order valence-corrected chi connectivity index (χ2v) is 9.01. The highest BCUT2D eigenvalue weighted by atomic mass is 16.5. The van der Waals surface area contributed by atoms with Gasteiger partial charge < -0.3 is 14.4 Å². The number of H-pyrrole nitrogens is 1. The number of nitrogens with zero attached hydrogens (tertiary/aromatic N) is 4. The lowest BCUT2D eigenvalue weighted by Crippen LogP contribution is -2.23. The number of aromatic amines is 1. The lowest BCUT2D eigenvalue weighted by Gasteiger charge is -2.15. The molecule has 1 saturated carbocycles. The zero-order valence-electron chi connectivity index (χ0n) is 18.3. The van der Waals surface area contributed by atoms with Gasteiger partial charge in [0, 0.05) is 36.7 Å². The molecule has 1 amide bonds. The number of carbonyl (C=O) groups excluding carboxylic acids is 1. The Bertz CT molecular complexity index is 1380. The fourth-order valence-corrected chi connectivity index (χ4v) is 5.10. The summed E-state index contributed by atoms with van der Waals surface area (Å²) in [7, 11) is 0. The number of benzene rings is 2. The van der Waals surface area contributed by atoms with Crippen LogP contribution in [0.5, 0.6) is 0 Å². The average molecular weight is 444 g/mol. The first kappa shape index (κ1) is 20.0. The highest BCUT2D eigenvalue weighted by Crippen LogP contribution is 2.32. The summed E-state index contributed by atoms with van der Waals surface area (Å²) in [5, 5.41) is 4.15. The number of aromatic nitrogens is 4. The average Bonchev–Trinajstić information content (AvgIpc) is 3.61. The number of likely N-dealkylation sites (tertiary alicyclic amines) is 1. The van der Waals surface area contributed by atoms with E-state index < -0.39 is 0 Å². The van der Waals surface area contributed by atoms with E-state index >= 15 is 0 Å². The van der Waals surface area contributed by atoms with Gasteiger partial charge in [0.25, 0.3) is 5.89 Å². The van der Waals surface area contributed by atoms with Gasteiger partial charge in [-0.05, 0) is 43.0 Å². The molecular weight excluding hydrogens is 418 g/mol. The summed E-state index contributed by atoms with van der Waals surface area (Å²) in [6.45, 7) is 1.46. The molecule has 1 aliphatic carbocycles. The van der Waals surface area contributed by atoms with Crippen LogP contribution in [0.2, 0.25) is 0 Å². The summed E-state index contributed by atoms with van der Waals surface area (Å²) >= 11 is 0. The zero-order chi connectivity index (χ0) is 22.4. The topological polar surface area (TPSA) is 97.0 Å². The molecule has 0 atom stereocenters. The Morgan fingerprint density at radius 3 is 2.55 bits per heavy atom. The molecule has 168 valence electrons. The Balaban J connectivity index is 1.24. The van der Waals surface area contributed by atoms with E-state index in [4.69, 9.17) is 4.52 Å². The van der Waals surface area contributed by atoms with Gasteiger partial charge in [-0.3, -0.25) is 9.36 Å². The van der Waals surface area contributed by atoms with Crippen molar-refractivity contribution in [2.75, 3.05) is 6.54 Å². The molecular formula is C25H25N5O3. The molecule has 8 heteroatoms. The van der Waals surface area contributed by atoms with Crippen LogP contribution in [0, 0.1) is 0 Å². The number of rotatable bonds is 5. The van der Waals surface area contributed by atoms with Crippen LogP contribution in [0.15, 0.2) is 51.8 Å². The number of hydrogen-bond acceptors (Lipinski definition) is 5. The van der Waals surface area contributed by atoms with Gasteiger partial charge in [-0.2, -0.15) is 4.98 Å². The van der Waals surface area contributed by atoms with E-state index in [1.165, 1.54) is 12.8 Å². The molecule has 3 heterocycles. The summed E-state index contributed by atoms with van der Waals surface area (Å²) in [5.74, 6) is 1.14. The first-order chi connectivity index (χ1) is 16.2. The lowest BCUT2D eigenvalue weighted by molar-refractivity contribution is -0.128. The molecule has 1 aliphatic heterocycles. The molecule has 8 nitrogen and oxygen atoms in total. The van der Waals surface area contributed by atoms with E-state index in [0.717, 1.165) is 53.5 Å². The molecule has 2 aliphatic rings. The van der Waals surface area contributed by atoms with Crippen molar-refractivity contribution in [3.63, 3.8) is 0 Å². The van der Waals surface area contributed by atoms with Crippen LogP contribution < -0.4 is 5.69 Å². The molecule has 0 bridgehead atoms. The molecule has 1 saturated heterocycles. The Labute approximate surface area is 190 Å². The van der Waals surface area contributed by atoms with Crippen molar-refractivity contribution in [1.82, 2.24) is 24.6 Å². The van der Waals surface area contributed by atoms with E-state index in [2.05, 4.69) is 15.1 Å². The largest absolute Gasteiger partial charge is 0.338 e. The number of hydrogen-bond donors (Lipinski definition) is 1. The van der Waals surface area contributed by atoms with Crippen LogP contribution >= 0.6 is 0 Å². The fraction of sp³-hybridized carbons (Fsp3) is 0.360. The van der Waals surface area contributed by atoms with Gasteiger partial charge in [0.05, 0.1) is 11.0 Å². The minimum Gasteiger partial charge on any atom is -0.338 e. The minimum absolute atomic E-state index is 0.0593. The predicted octanol–water partition coefficient (Wildman–Crippen LogP) is 4.28. The van der Waals surface area contributed by atoms with Crippen molar-refractivity contribution in [2.24, 2.45) is 0 Å². The van der Waals surface area contributed by atoms with Crippen LogP contribution in [0.4, 0.5) is 0 Å². The maximum atomic E-state index is 12.6. The monoisotopic (exact) mass is 443 g/mol. The second kappa shape index (κ2) is 8.03. The van der Waals surface area contributed by atoms with Gasteiger partial charge in [-0.25, -0.2) is 4.79 Å². The van der Waals surface area contributed by atoms with Crippen LogP contribution in [-0.4, -0.2) is 37.0 Å². The number of carbonyl (C=O) groups is 1. The van der Waals surface area contributed by atoms with Gasteiger partial charge in [-0.15, -0.1) is 0 Å². The summed E-state index contributed by atoms with van der Waals surface area (Å²) in [6, 6.07) is 14.0. The molecule has 2 aromatic carbocycles. The molecule has 2 aromatic heterocycles. The Morgan fingerprint density at radius 2 is 1.79 bits per heavy atom.